The van der Waals surface area contributed by atoms with Gasteiger partial charge in [0.15, 0.2) is 0 Å². The van der Waals surface area contributed by atoms with Gasteiger partial charge >= 0.3 is 6.18 Å². The molecule has 0 heterocycles. The van der Waals surface area contributed by atoms with Gasteiger partial charge in [-0.1, -0.05) is 0 Å². The van der Waals surface area contributed by atoms with Crippen LogP contribution in [-0.2, 0) is 9.47 Å². The molecule has 0 fully saturated rings. The van der Waals surface area contributed by atoms with E-state index in [9.17, 15) is 13.2 Å². The minimum absolute atomic E-state index is 0.0274. The van der Waals surface area contributed by atoms with Crippen LogP contribution in [0.2, 0.25) is 0 Å². The van der Waals surface area contributed by atoms with Gasteiger partial charge in [-0.3, -0.25) is 0 Å². The lowest BCUT2D eigenvalue weighted by molar-refractivity contribution is -0.176. The van der Waals surface area contributed by atoms with Gasteiger partial charge in [0.2, 0.25) is 0 Å². The van der Waals surface area contributed by atoms with E-state index in [4.69, 9.17) is 16.3 Å². The molecule has 0 aromatic carbocycles. The van der Waals surface area contributed by atoms with Crippen molar-refractivity contribution in [2.75, 3.05) is 32.3 Å². The maximum Gasteiger partial charge on any atom is 0.411 e. The molecule has 2 nitrogen and oxygen atoms in total. The zero-order valence-electron chi connectivity index (χ0n) is 7.78. The van der Waals surface area contributed by atoms with Crippen LogP contribution < -0.4 is 0 Å². The van der Waals surface area contributed by atoms with Crippen LogP contribution in [0.1, 0.15) is 12.8 Å². The average Bonchev–Trinajstić information content (AvgIpc) is 2.08. The standard InChI is InChI=1S/C8H14ClF3O2/c9-3-1-2-4-13-5-6-14-7-8(10,11)12/h1-7H2. The summed E-state index contributed by atoms with van der Waals surface area (Å²) in [4.78, 5) is 0. The van der Waals surface area contributed by atoms with Crippen molar-refractivity contribution in [2.45, 2.75) is 19.0 Å². The Balaban J connectivity index is 2.99. The molecule has 0 aliphatic rings. The molecule has 0 atom stereocenters. The second-order valence-electron chi connectivity index (χ2n) is 2.68. The minimum atomic E-state index is -4.25. The van der Waals surface area contributed by atoms with Gasteiger partial charge in [0.1, 0.15) is 6.61 Å². The first-order valence-electron chi connectivity index (χ1n) is 4.34. The summed E-state index contributed by atoms with van der Waals surface area (Å²) in [7, 11) is 0. The van der Waals surface area contributed by atoms with Crippen LogP contribution in [0.5, 0.6) is 0 Å². The highest BCUT2D eigenvalue weighted by Crippen LogP contribution is 2.13. The van der Waals surface area contributed by atoms with Crippen molar-refractivity contribution < 1.29 is 22.6 Å². The van der Waals surface area contributed by atoms with E-state index in [1.807, 2.05) is 0 Å². The van der Waals surface area contributed by atoms with Gasteiger partial charge < -0.3 is 9.47 Å². The molecule has 0 aromatic heterocycles. The maximum absolute atomic E-state index is 11.6. The number of unbranched alkanes of at least 4 members (excludes halogenated alkanes) is 1. The van der Waals surface area contributed by atoms with Crippen LogP contribution >= 0.6 is 11.6 Å². The molecule has 0 bridgehead atoms. The highest BCUT2D eigenvalue weighted by molar-refractivity contribution is 6.17. The molecule has 0 spiro atoms. The average molecular weight is 235 g/mol. The normalized spacial score (nSPS) is 12.0. The maximum atomic E-state index is 11.6. The number of hydrogen-bond donors (Lipinski definition) is 0. The molecule has 0 amide bonds. The van der Waals surface area contributed by atoms with Crippen molar-refractivity contribution in [3.8, 4) is 0 Å². The van der Waals surface area contributed by atoms with Crippen LogP contribution in [0.3, 0.4) is 0 Å². The molecule has 0 saturated carbocycles. The van der Waals surface area contributed by atoms with Gasteiger partial charge in [-0.25, -0.2) is 0 Å². The molecule has 0 saturated heterocycles. The SMILES string of the molecule is FC(F)(F)COCCOCCCCCl. The van der Waals surface area contributed by atoms with E-state index < -0.39 is 12.8 Å². The Morgan fingerprint density at radius 1 is 0.929 bits per heavy atom. The first-order chi connectivity index (χ1) is 6.56. The molecule has 0 aliphatic carbocycles. The lowest BCUT2D eigenvalue weighted by Crippen LogP contribution is -2.19. The van der Waals surface area contributed by atoms with E-state index in [0.717, 1.165) is 12.8 Å². The van der Waals surface area contributed by atoms with Gasteiger partial charge in [0.25, 0.3) is 0 Å². The molecular formula is C8H14ClF3O2. The van der Waals surface area contributed by atoms with Crippen molar-refractivity contribution in [3.63, 3.8) is 0 Å². The highest BCUT2D eigenvalue weighted by Gasteiger charge is 2.27. The van der Waals surface area contributed by atoms with Crippen LogP contribution in [-0.4, -0.2) is 38.5 Å². The Morgan fingerprint density at radius 2 is 1.57 bits per heavy atom. The topological polar surface area (TPSA) is 18.5 Å². The van der Waals surface area contributed by atoms with E-state index in [2.05, 4.69) is 4.74 Å². The van der Waals surface area contributed by atoms with E-state index >= 15 is 0 Å². The number of ether oxygens (including phenoxy) is 2. The third-order valence-electron chi connectivity index (χ3n) is 1.31. The summed E-state index contributed by atoms with van der Waals surface area (Å²) >= 11 is 5.41. The first kappa shape index (κ1) is 14.0. The second-order valence-corrected chi connectivity index (χ2v) is 3.05. The minimum Gasteiger partial charge on any atom is -0.379 e. The third kappa shape index (κ3) is 12.0. The molecule has 6 heteroatoms. The number of rotatable bonds is 8. The van der Waals surface area contributed by atoms with Crippen LogP contribution in [0.4, 0.5) is 13.2 Å². The van der Waals surface area contributed by atoms with Gasteiger partial charge in [-0.2, -0.15) is 13.2 Å². The van der Waals surface area contributed by atoms with Crippen molar-refractivity contribution in [1.82, 2.24) is 0 Å². The summed E-state index contributed by atoms with van der Waals surface area (Å²) < 4.78 is 44.0. The van der Waals surface area contributed by atoms with Crippen molar-refractivity contribution in [2.24, 2.45) is 0 Å². The Labute approximate surface area is 86.3 Å². The predicted molar refractivity (Wildman–Crippen MR) is 47.6 cm³/mol. The monoisotopic (exact) mass is 234 g/mol. The van der Waals surface area contributed by atoms with Gasteiger partial charge in [-0.05, 0) is 12.8 Å². The Bertz CT molecular complexity index is 130. The number of alkyl halides is 4. The second kappa shape index (κ2) is 8.32. The summed E-state index contributed by atoms with van der Waals surface area (Å²) in [5.41, 5.74) is 0. The molecule has 0 radical (unpaired) electrons. The summed E-state index contributed by atoms with van der Waals surface area (Å²) in [5.74, 6) is 0.577. The van der Waals surface area contributed by atoms with Crippen molar-refractivity contribution in [3.05, 3.63) is 0 Å². The highest BCUT2D eigenvalue weighted by atomic mass is 35.5. The van der Waals surface area contributed by atoms with E-state index in [-0.39, 0.29) is 13.2 Å². The first-order valence-corrected chi connectivity index (χ1v) is 4.88. The van der Waals surface area contributed by atoms with Gasteiger partial charge in [0.05, 0.1) is 13.2 Å². The fourth-order valence-electron chi connectivity index (χ4n) is 0.706. The fraction of sp³-hybridized carbons (Fsp3) is 1.00. The Kier molecular flexibility index (Phi) is 8.32. The summed E-state index contributed by atoms with van der Waals surface area (Å²) in [6, 6.07) is 0. The quantitative estimate of drug-likeness (QED) is 0.475. The van der Waals surface area contributed by atoms with E-state index in [0.29, 0.717) is 12.5 Å². The summed E-state index contributed by atoms with van der Waals surface area (Å²) in [6.07, 6.45) is -2.58. The zero-order chi connectivity index (χ0) is 10.9. The summed E-state index contributed by atoms with van der Waals surface area (Å²) in [6.45, 7) is -0.529. The van der Waals surface area contributed by atoms with Crippen molar-refractivity contribution >= 4 is 11.6 Å². The Morgan fingerprint density at radius 3 is 2.14 bits per heavy atom. The molecule has 0 N–H and O–H groups in total. The molecule has 14 heavy (non-hydrogen) atoms. The molecule has 86 valence electrons. The Hall–Kier alpha value is 0. The number of halogens is 4. The van der Waals surface area contributed by atoms with Gasteiger partial charge in [-0.15, -0.1) is 11.6 Å². The predicted octanol–water partition coefficient (Wildman–Crippen LogP) is 2.60. The van der Waals surface area contributed by atoms with Crippen molar-refractivity contribution in [1.29, 1.82) is 0 Å². The van der Waals surface area contributed by atoms with E-state index in [1.165, 1.54) is 0 Å². The number of hydrogen-bond acceptors (Lipinski definition) is 2. The third-order valence-corrected chi connectivity index (χ3v) is 1.58. The smallest absolute Gasteiger partial charge is 0.379 e. The fourth-order valence-corrected chi connectivity index (χ4v) is 0.895. The van der Waals surface area contributed by atoms with Crippen LogP contribution in [0.15, 0.2) is 0 Å². The lowest BCUT2D eigenvalue weighted by Gasteiger charge is -2.07. The van der Waals surface area contributed by atoms with Gasteiger partial charge in [0, 0.05) is 12.5 Å². The molecule has 0 unspecified atom stereocenters. The molecule has 0 aromatic rings. The molecule has 0 aliphatic heterocycles. The lowest BCUT2D eigenvalue weighted by atomic mass is 10.4. The van der Waals surface area contributed by atoms with Crippen LogP contribution in [0, 0.1) is 0 Å². The largest absolute Gasteiger partial charge is 0.411 e. The zero-order valence-corrected chi connectivity index (χ0v) is 8.53. The van der Waals surface area contributed by atoms with Crippen LogP contribution in [0.25, 0.3) is 0 Å². The summed E-state index contributed by atoms with van der Waals surface area (Å²) in [5, 5.41) is 0. The molecular weight excluding hydrogens is 221 g/mol. The van der Waals surface area contributed by atoms with E-state index in [1.54, 1.807) is 0 Å². The molecule has 0 rings (SSSR count).